The van der Waals surface area contributed by atoms with Crippen molar-refractivity contribution in [3.63, 3.8) is 0 Å². The van der Waals surface area contributed by atoms with Crippen LogP contribution in [0.1, 0.15) is 16.7 Å². The fraction of sp³-hybridized carbons (Fsp3) is 0.192. The molecule has 0 spiro atoms. The van der Waals surface area contributed by atoms with E-state index >= 15 is 0 Å². The Balaban J connectivity index is 2.21. The van der Waals surface area contributed by atoms with Gasteiger partial charge in [0.05, 0.1) is 27.1 Å². The van der Waals surface area contributed by atoms with Crippen LogP contribution in [-0.2, 0) is 43.1 Å². The van der Waals surface area contributed by atoms with E-state index in [9.17, 15) is 14.4 Å². The zero-order valence-electron chi connectivity index (χ0n) is 17.4. The molecule has 5 heteroatoms. The molecule has 4 aromatic carbocycles. The van der Waals surface area contributed by atoms with Crippen LogP contribution in [0, 0.1) is 0 Å². The van der Waals surface area contributed by atoms with Gasteiger partial charge in [0, 0.05) is 6.42 Å². The van der Waals surface area contributed by atoms with Crippen LogP contribution < -0.4 is 0 Å². The number of hydrogen-bond donors (Lipinski definition) is 0. The van der Waals surface area contributed by atoms with Crippen molar-refractivity contribution in [1.29, 1.82) is 0 Å². The van der Waals surface area contributed by atoms with Gasteiger partial charge in [-0.2, -0.15) is 0 Å². The molecule has 31 heavy (non-hydrogen) atoms. The molecule has 0 aromatic heterocycles. The van der Waals surface area contributed by atoms with E-state index in [2.05, 4.69) is 0 Å². The second-order valence-electron chi connectivity index (χ2n) is 7.40. The summed E-state index contributed by atoms with van der Waals surface area (Å²) in [5.41, 5.74) is 2.59. The summed E-state index contributed by atoms with van der Waals surface area (Å²) < 4.78 is 9.82. The smallest absolute Gasteiger partial charge is 0.310 e. The summed E-state index contributed by atoms with van der Waals surface area (Å²) in [6, 6.07) is 17.6. The van der Waals surface area contributed by atoms with Crippen LogP contribution in [0.15, 0.2) is 54.6 Å². The maximum absolute atomic E-state index is 12.1. The van der Waals surface area contributed by atoms with Crippen molar-refractivity contribution in [3.8, 4) is 0 Å². The van der Waals surface area contributed by atoms with Crippen molar-refractivity contribution in [1.82, 2.24) is 0 Å². The molecule has 156 valence electrons. The number of methoxy groups -OCH3 is 2. The molecule has 0 fully saturated rings. The summed E-state index contributed by atoms with van der Waals surface area (Å²) in [5, 5.41) is 5.71. The minimum absolute atomic E-state index is 0.130. The minimum Gasteiger partial charge on any atom is -0.469 e. The number of carbonyl (C=O) groups excluding carboxylic acids is 3. The van der Waals surface area contributed by atoms with Gasteiger partial charge >= 0.3 is 11.9 Å². The van der Waals surface area contributed by atoms with Gasteiger partial charge in [0.15, 0.2) is 0 Å². The summed E-state index contributed by atoms with van der Waals surface area (Å²) in [7, 11) is 2.75. The third-order valence-corrected chi connectivity index (χ3v) is 5.69. The van der Waals surface area contributed by atoms with Crippen LogP contribution in [0.5, 0.6) is 0 Å². The number of benzene rings is 4. The second kappa shape index (κ2) is 8.56. The van der Waals surface area contributed by atoms with Gasteiger partial charge in [-0.3, -0.25) is 9.59 Å². The van der Waals surface area contributed by atoms with Crippen LogP contribution in [0.2, 0.25) is 0 Å². The first kappa shape index (κ1) is 20.5. The summed E-state index contributed by atoms with van der Waals surface area (Å²) in [4.78, 5) is 35.6. The molecule has 0 aliphatic heterocycles. The number of hydrogen-bond acceptors (Lipinski definition) is 5. The van der Waals surface area contributed by atoms with Gasteiger partial charge in [-0.15, -0.1) is 0 Å². The molecule has 0 aliphatic carbocycles. The van der Waals surface area contributed by atoms with Gasteiger partial charge in [-0.1, -0.05) is 54.6 Å². The fourth-order valence-corrected chi connectivity index (χ4v) is 4.39. The van der Waals surface area contributed by atoms with E-state index in [0.717, 1.165) is 55.3 Å². The van der Waals surface area contributed by atoms with Gasteiger partial charge in [-0.05, 0) is 49.0 Å². The second-order valence-corrected chi connectivity index (χ2v) is 7.40. The Bertz CT molecular complexity index is 1270. The fourth-order valence-electron chi connectivity index (χ4n) is 4.39. The lowest BCUT2D eigenvalue weighted by Crippen LogP contribution is -2.07. The highest BCUT2D eigenvalue weighted by Gasteiger charge is 2.18. The number of ether oxygens (including phenoxy) is 2. The summed E-state index contributed by atoms with van der Waals surface area (Å²) >= 11 is 0. The van der Waals surface area contributed by atoms with Crippen LogP contribution in [0.25, 0.3) is 32.3 Å². The third-order valence-electron chi connectivity index (χ3n) is 5.69. The molecule has 0 aliphatic rings. The molecule has 0 heterocycles. The first-order valence-corrected chi connectivity index (χ1v) is 10.0. The molecular weight excluding hydrogens is 392 g/mol. The molecule has 0 saturated carbocycles. The van der Waals surface area contributed by atoms with E-state index in [1.807, 2.05) is 54.6 Å². The Morgan fingerprint density at radius 2 is 1.06 bits per heavy atom. The first-order chi connectivity index (χ1) is 15.1. The molecule has 0 radical (unpaired) electrons. The summed E-state index contributed by atoms with van der Waals surface area (Å²) in [5.74, 6) is -0.653. The lowest BCUT2D eigenvalue weighted by atomic mass is 9.86. The number of esters is 2. The molecule has 0 atom stereocenters. The highest BCUT2D eigenvalue weighted by molar-refractivity contribution is 6.28. The zero-order chi connectivity index (χ0) is 22.0. The number of carbonyl (C=O) groups is 3. The molecule has 4 aromatic rings. The van der Waals surface area contributed by atoms with Crippen molar-refractivity contribution in [3.05, 3.63) is 71.3 Å². The van der Waals surface area contributed by atoms with Crippen molar-refractivity contribution in [2.75, 3.05) is 14.2 Å². The van der Waals surface area contributed by atoms with Gasteiger partial charge in [0.25, 0.3) is 0 Å². The molecule has 0 saturated heterocycles. The van der Waals surface area contributed by atoms with E-state index < -0.39 is 0 Å². The molecule has 0 N–H and O–H groups in total. The Morgan fingerprint density at radius 1 is 0.677 bits per heavy atom. The van der Waals surface area contributed by atoms with Gasteiger partial charge in [-0.25, -0.2) is 0 Å². The van der Waals surface area contributed by atoms with Crippen molar-refractivity contribution in [2.24, 2.45) is 0 Å². The highest BCUT2D eigenvalue weighted by Crippen LogP contribution is 2.40. The monoisotopic (exact) mass is 414 g/mol. The van der Waals surface area contributed by atoms with Gasteiger partial charge in [0.2, 0.25) is 0 Å². The van der Waals surface area contributed by atoms with Gasteiger partial charge < -0.3 is 14.3 Å². The maximum Gasteiger partial charge on any atom is 0.310 e. The topological polar surface area (TPSA) is 69.7 Å². The predicted octanol–water partition coefficient (Wildman–Crippen LogP) is 4.32. The highest BCUT2D eigenvalue weighted by atomic mass is 16.5. The van der Waals surface area contributed by atoms with E-state index in [-0.39, 0.29) is 31.2 Å². The maximum atomic E-state index is 12.1. The summed E-state index contributed by atoms with van der Waals surface area (Å²) in [6.45, 7) is 0. The van der Waals surface area contributed by atoms with Crippen LogP contribution in [0.4, 0.5) is 0 Å². The average molecular weight is 414 g/mol. The Morgan fingerprint density at radius 3 is 1.45 bits per heavy atom. The standard InChI is InChI=1S/C26H22O5/c1-30-22(28)14-17-7-4-10-20-24-16(12-13-27)6-3-9-19(24)25-18(15-23(29)31-2)8-5-11-21(25)26(17)20/h3-11,13H,12,14-15H2,1-2H3. The van der Waals surface area contributed by atoms with Crippen LogP contribution in [0.3, 0.4) is 0 Å². The third kappa shape index (κ3) is 3.63. The van der Waals surface area contributed by atoms with Crippen LogP contribution in [-0.4, -0.2) is 32.4 Å². The van der Waals surface area contributed by atoms with E-state index in [0.29, 0.717) is 0 Å². The normalized spacial score (nSPS) is 11.0. The minimum atomic E-state index is -0.326. The molecule has 5 nitrogen and oxygen atoms in total. The molecule has 0 bridgehead atoms. The Hall–Kier alpha value is -3.73. The first-order valence-electron chi connectivity index (χ1n) is 10.0. The number of fused-ring (bicyclic) bond motifs is 6. The number of rotatable bonds is 6. The lowest BCUT2D eigenvalue weighted by molar-refractivity contribution is -0.140. The predicted molar refractivity (Wildman–Crippen MR) is 120 cm³/mol. The quantitative estimate of drug-likeness (QED) is 0.267. The van der Waals surface area contributed by atoms with E-state index in [4.69, 9.17) is 9.47 Å². The summed E-state index contributed by atoms with van der Waals surface area (Å²) in [6.07, 6.45) is 1.43. The SMILES string of the molecule is COC(=O)Cc1cccc2c1c1cccc(CC=O)c1c1cccc(CC(=O)OC)c12. The van der Waals surface area contributed by atoms with Gasteiger partial charge in [0.1, 0.15) is 6.29 Å². The Kier molecular flexibility index (Phi) is 5.67. The van der Waals surface area contributed by atoms with Crippen molar-refractivity contribution < 1.29 is 23.9 Å². The molecule has 0 amide bonds. The van der Waals surface area contributed by atoms with E-state index in [1.165, 1.54) is 14.2 Å². The lowest BCUT2D eigenvalue weighted by Gasteiger charge is -2.17. The van der Waals surface area contributed by atoms with E-state index in [1.54, 1.807) is 0 Å². The van der Waals surface area contributed by atoms with Crippen LogP contribution >= 0.6 is 0 Å². The van der Waals surface area contributed by atoms with Crippen molar-refractivity contribution in [2.45, 2.75) is 19.3 Å². The Labute approximate surface area is 179 Å². The zero-order valence-corrected chi connectivity index (χ0v) is 17.4. The van der Waals surface area contributed by atoms with Crippen molar-refractivity contribution >= 4 is 50.5 Å². The largest absolute Gasteiger partial charge is 0.469 e. The molecule has 4 rings (SSSR count). The average Bonchev–Trinajstić information content (AvgIpc) is 2.79. The molecule has 0 unspecified atom stereocenters. The number of aldehydes is 1. The molecular formula is C26H22O5.